The highest BCUT2D eigenvalue weighted by Gasteiger charge is 2.09. The quantitative estimate of drug-likeness (QED) is 0.855. The largest absolute Gasteiger partial charge is 0.351 e. The molecule has 0 unspecified atom stereocenters. The maximum atomic E-state index is 12.1. The number of carbonyl (C=O) groups excluding carboxylic acids is 1. The van der Waals surface area contributed by atoms with Crippen molar-refractivity contribution in [1.82, 2.24) is 15.3 Å². The van der Waals surface area contributed by atoms with Gasteiger partial charge >= 0.3 is 0 Å². The van der Waals surface area contributed by atoms with Crippen molar-refractivity contribution in [3.63, 3.8) is 0 Å². The molecule has 5 nitrogen and oxygen atoms in total. The molecule has 0 aliphatic heterocycles. The zero-order chi connectivity index (χ0) is 16.8. The van der Waals surface area contributed by atoms with Gasteiger partial charge < -0.3 is 10.6 Å². The Labute approximate surface area is 137 Å². The van der Waals surface area contributed by atoms with Crippen molar-refractivity contribution in [2.45, 2.75) is 34.1 Å². The first-order chi connectivity index (χ1) is 11.0. The smallest absolute Gasteiger partial charge is 0.270 e. The lowest BCUT2D eigenvalue weighted by molar-refractivity contribution is 0.0947. The van der Waals surface area contributed by atoms with Gasteiger partial charge in [-0.05, 0) is 37.8 Å². The number of aromatic nitrogens is 2. The van der Waals surface area contributed by atoms with Crippen LogP contribution < -0.4 is 10.6 Å². The Kier molecular flexibility index (Phi) is 5.68. The summed E-state index contributed by atoms with van der Waals surface area (Å²) in [4.78, 5) is 20.4. The first kappa shape index (κ1) is 16.9. The number of anilines is 2. The second-order valence-electron chi connectivity index (χ2n) is 6.17. The van der Waals surface area contributed by atoms with Gasteiger partial charge in [-0.1, -0.05) is 31.5 Å². The van der Waals surface area contributed by atoms with Crippen molar-refractivity contribution in [2.75, 3.05) is 11.9 Å². The molecule has 2 N–H and O–H groups in total. The molecule has 2 aromatic rings. The maximum Gasteiger partial charge on any atom is 0.270 e. The van der Waals surface area contributed by atoms with E-state index in [-0.39, 0.29) is 5.91 Å². The van der Waals surface area contributed by atoms with Gasteiger partial charge in [0, 0.05) is 18.3 Å². The highest BCUT2D eigenvalue weighted by atomic mass is 16.1. The van der Waals surface area contributed by atoms with Crippen LogP contribution in [0.1, 0.15) is 41.9 Å². The van der Waals surface area contributed by atoms with E-state index in [0.29, 0.717) is 24.0 Å². The molecule has 2 rings (SSSR count). The van der Waals surface area contributed by atoms with Crippen LogP contribution in [0, 0.1) is 19.8 Å². The molecule has 0 spiro atoms. The van der Waals surface area contributed by atoms with Gasteiger partial charge in [-0.15, -0.1) is 0 Å². The Morgan fingerprint density at radius 3 is 2.65 bits per heavy atom. The second-order valence-corrected chi connectivity index (χ2v) is 6.17. The predicted molar refractivity (Wildman–Crippen MR) is 93.0 cm³/mol. The van der Waals surface area contributed by atoms with Gasteiger partial charge in [0.1, 0.15) is 17.8 Å². The third kappa shape index (κ3) is 5.06. The van der Waals surface area contributed by atoms with Gasteiger partial charge in [-0.3, -0.25) is 4.79 Å². The average Bonchev–Trinajstić information content (AvgIpc) is 2.50. The minimum Gasteiger partial charge on any atom is -0.351 e. The second kappa shape index (κ2) is 7.72. The zero-order valence-corrected chi connectivity index (χ0v) is 14.2. The normalized spacial score (nSPS) is 10.7. The van der Waals surface area contributed by atoms with Crippen LogP contribution in [0.4, 0.5) is 11.5 Å². The summed E-state index contributed by atoms with van der Waals surface area (Å²) in [5.74, 6) is 1.00. The SMILES string of the molecule is Cc1ccc(Nc2cc(C(=O)NCCC(C)C)ncn2)c(C)c1. The molecule has 122 valence electrons. The number of nitrogens with zero attached hydrogens (tertiary/aromatic N) is 2. The van der Waals surface area contributed by atoms with Gasteiger partial charge in [0.05, 0.1) is 0 Å². The molecule has 5 heteroatoms. The Morgan fingerprint density at radius 2 is 1.96 bits per heavy atom. The van der Waals surface area contributed by atoms with Crippen molar-refractivity contribution in [3.8, 4) is 0 Å². The molecular formula is C18H24N4O. The molecule has 0 aliphatic carbocycles. The van der Waals surface area contributed by atoms with Crippen LogP contribution in [-0.2, 0) is 0 Å². The molecule has 0 radical (unpaired) electrons. The van der Waals surface area contributed by atoms with Gasteiger partial charge in [0.25, 0.3) is 5.91 Å². The number of amides is 1. The molecule has 1 heterocycles. The third-order valence-corrected chi connectivity index (χ3v) is 3.55. The summed E-state index contributed by atoms with van der Waals surface area (Å²) in [6.07, 6.45) is 2.35. The monoisotopic (exact) mass is 312 g/mol. The summed E-state index contributed by atoms with van der Waals surface area (Å²) in [6, 6.07) is 7.82. The third-order valence-electron chi connectivity index (χ3n) is 3.55. The Balaban J connectivity index is 2.06. The van der Waals surface area contributed by atoms with Crippen LogP contribution in [0.5, 0.6) is 0 Å². The van der Waals surface area contributed by atoms with Crippen LogP contribution in [0.2, 0.25) is 0 Å². The number of hydrogen-bond acceptors (Lipinski definition) is 4. The number of nitrogens with one attached hydrogen (secondary N) is 2. The van der Waals surface area contributed by atoms with Crippen molar-refractivity contribution >= 4 is 17.4 Å². The first-order valence-electron chi connectivity index (χ1n) is 7.90. The van der Waals surface area contributed by atoms with Crippen molar-refractivity contribution in [2.24, 2.45) is 5.92 Å². The molecule has 0 fully saturated rings. The van der Waals surface area contributed by atoms with Gasteiger partial charge in [0.15, 0.2) is 0 Å². The van der Waals surface area contributed by atoms with E-state index in [1.807, 2.05) is 19.1 Å². The number of aryl methyl sites for hydroxylation is 2. The van der Waals surface area contributed by atoms with E-state index in [4.69, 9.17) is 0 Å². The van der Waals surface area contributed by atoms with Crippen LogP contribution >= 0.6 is 0 Å². The van der Waals surface area contributed by atoms with Crippen LogP contribution in [0.25, 0.3) is 0 Å². The summed E-state index contributed by atoms with van der Waals surface area (Å²) in [5, 5.41) is 6.12. The van der Waals surface area contributed by atoms with E-state index in [9.17, 15) is 4.79 Å². The fourth-order valence-corrected chi connectivity index (χ4v) is 2.21. The van der Waals surface area contributed by atoms with Crippen LogP contribution in [-0.4, -0.2) is 22.4 Å². The molecule has 1 aromatic carbocycles. The predicted octanol–water partition coefficient (Wildman–Crippen LogP) is 3.61. The van der Waals surface area contributed by atoms with Gasteiger partial charge in [-0.2, -0.15) is 0 Å². The van der Waals surface area contributed by atoms with Crippen LogP contribution in [0.3, 0.4) is 0 Å². The number of carbonyl (C=O) groups is 1. The average molecular weight is 312 g/mol. The Morgan fingerprint density at radius 1 is 1.17 bits per heavy atom. The van der Waals surface area contributed by atoms with E-state index in [1.54, 1.807) is 6.07 Å². The minimum absolute atomic E-state index is 0.170. The molecule has 1 aromatic heterocycles. The summed E-state index contributed by atoms with van der Waals surface area (Å²) in [6.45, 7) is 9.00. The number of hydrogen-bond donors (Lipinski definition) is 2. The Bertz CT molecular complexity index is 682. The van der Waals surface area contributed by atoms with Crippen molar-refractivity contribution in [1.29, 1.82) is 0 Å². The van der Waals surface area contributed by atoms with E-state index in [1.165, 1.54) is 11.9 Å². The molecule has 0 saturated carbocycles. The number of rotatable bonds is 6. The summed E-state index contributed by atoms with van der Waals surface area (Å²) >= 11 is 0. The van der Waals surface area contributed by atoms with Crippen molar-refractivity contribution < 1.29 is 4.79 Å². The molecule has 0 atom stereocenters. The maximum absolute atomic E-state index is 12.1. The molecule has 1 amide bonds. The molecule has 0 saturated heterocycles. The standard InChI is InChI=1S/C18H24N4O/c1-12(2)7-8-19-18(23)16-10-17(21-11-20-16)22-15-6-5-13(3)9-14(15)4/h5-6,9-12H,7-8H2,1-4H3,(H,19,23)(H,20,21,22). The summed E-state index contributed by atoms with van der Waals surface area (Å²) in [5.41, 5.74) is 3.68. The number of benzene rings is 1. The first-order valence-corrected chi connectivity index (χ1v) is 7.90. The highest BCUT2D eigenvalue weighted by molar-refractivity contribution is 5.92. The highest BCUT2D eigenvalue weighted by Crippen LogP contribution is 2.20. The Hall–Kier alpha value is -2.43. The fraction of sp³-hybridized carbons (Fsp3) is 0.389. The topological polar surface area (TPSA) is 66.9 Å². The van der Waals surface area contributed by atoms with E-state index >= 15 is 0 Å². The lowest BCUT2D eigenvalue weighted by Gasteiger charge is -2.10. The molecule has 0 aliphatic rings. The van der Waals surface area contributed by atoms with E-state index in [0.717, 1.165) is 17.7 Å². The molecule has 0 bridgehead atoms. The lowest BCUT2D eigenvalue weighted by Crippen LogP contribution is -2.26. The fourth-order valence-electron chi connectivity index (χ4n) is 2.21. The summed E-state index contributed by atoms with van der Waals surface area (Å²) in [7, 11) is 0. The molecule has 23 heavy (non-hydrogen) atoms. The van der Waals surface area contributed by atoms with E-state index in [2.05, 4.69) is 47.4 Å². The summed E-state index contributed by atoms with van der Waals surface area (Å²) < 4.78 is 0. The lowest BCUT2D eigenvalue weighted by atomic mass is 10.1. The van der Waals surface area contributed by atoms with Gasteiger partial charge in [-0.25, -0.2) is 9.97 Å². The molecular weight excluding hydrogens is 288 g/mol. The van der Waals surface area contributed by atoms with E-state index < -0.39 is 0 Å². The van der Waals surface area contributed by atoms with Crippen LogP contribution in [0.15, 0.2) is 30.6 Å². The van der Waals surface area contributed by atoms with Crippen molar-refractivity contribution in [3.05, 3.63) is 47.4 Å². The van der Waals surface area contributed by atoms with Gasteiger partial charge in [0.2, 0.25) is 0 Å². The zero-order valence-electron chi connectivity index (χ0n) is 14.2. The minimum atomic E-state index is -0.170.